The first kappa shape index (κ1) is 9.49. The maximum atomic E-state index is 12.9. The van der Waals surface area contributed by atoms with E-state index in [9.17, 15) is 4.39 Å². The van der Waals surface area contributed by atoms with Crippen LogP contribution in [0.25, 0.3) is 0 Å². The Balaban J connectivity index is 3.19. The predicted octanol–water partition coefficient (Wildman–Crippen LogP) is 2.07. The second-order valence-corrected chi connectivity index (χ2v) is 2.56. The van der Waals surface area contributed by atoms with Crippen molar-refractivity contribution in [2.45, 2.75) is 0 Å². The maximum absolute atomic E-state index is 12.9. The van der Waals surface area contributed by atoms with Crippen LogP contribution in [-0.2, 0) is 0 Å². The highest BCUT2D eigenvalue weighted by molar-refractivity contribution is 6.69. The number of hydrogen-bond acceptors (Lipinski definition) is 3. The van der Waals surface area contributed by atoms with Crippen LogP contribution in [0.4, 0.5) is 4.39 Å². The fourth-order valence-corrected chi connectivity index (χ4v) is 0.909. The van der Waals surface area contributed by atoms with Crippen LogP contribution in [0, 0.1) is 17.1 Å². The third-order valence-corrected chi connectivity index (χ3v) is 1.71. The standard InChI is InChI=1S/C8H4ClFN2O/c9-8(12-13)5-1-2-6(4-11)7(10)3-5/h1-3,13H/b12-8-. The molecule has 13 heavy (non-hydrogen) atoms. The first-order chi connectivity index (χ1) is 6.19. The molecule has 0 aliphatic heterocycles. The number of hydrogen-bond donors (Lipinski definition) is 1. The molecule has 0 saturated heterocycles. The van der Waals surface area contributed by atoms with Gasteiger partial charge in [-0.2, -0.15) is 5.26 Å². The molecule has 0 saturated carbocycles. The van der Waals surface area contributed by atoms with Gasteiger partial charge in [0.2, 0.25) is 0 Å². The molecule has 0 aromatic heterocycles. The van der Waals surface area contributed by atoms with Crippen LogP contribution >= 0.6 is 11.6 Å². The van der Waals surface area contributed by atoms with Gasteiger partial charge in [-0.15, -0.1) is 0 Å². The zero-order valence-corrected chi connectivity index (χ0v) is 7.09. The Morgan fingerprint density at radius 2 is 2.31 bits per heavy atom. The zero-order valence-electron chi connectivity index (χ0n) is 6.33. The third-order valence-electron chi connectivity index (χ3n) is 1.42. The van der Waals surface area contributed by atoms with Crippen molar-refractivity contribution < 1.29 is 9.60 Å². The van der Waals surface area contributed by atoms with Crippen LogP contribution in [-0.4, -0.2) is 10.4 Å². The van der Waals surface area contributed by atoms with Gasteiger partial charge in [0.25, 0.3) is 0 Å². The number of oxime groups is 1. The van der Waals surface area contributed by atoms with Gasteiger partial charge in [-0.25, -0.2) is 4.39 Å². The van der Waals surface area contributed by atoms with Gasteiger partial charge in [0.15, 0.2) is 5.17 Å². The Morgan fingerprint density at radius 1 is 1.62 bits per heavy atom. The molecule has 0 aliphatic rings. The summed E-state index contributed by atoms with van der Waals surface area (Å²) in [5.74, 6) is -0.693. The van der Waals surface area contributed by atoms with Crippen molar-refractivity contribution in [3.63, 3.8) is 0 Å². The van der Waals surface area contributed by atoms with Crippen LogP contribution < -0.4 is 0 Å². The van der Waals surface area contributed by atoms with Crippen molar-refractivity contribution in [1.82, 2.24) is 0 Å². The summed E-state index contributed by atoms with van der Waals surface area (Å²) < 4.78 is 12.9. The summed E-state index contributed by atoms with van der Waals surface area (Å²) in [5.41, 5.74) is 0.145. The van der Waals surface area contributed by atoms with Crippen LogP contribution in [0.5, 0.6) is 0 Å². The normalized spacial score (nSPS) is 11.0. The van der Waals surface area contributed by atoms with Crippen molar-refractivity contribution in [3.05, 3.63) is 35.1 Å². The van der Waals surface area contributed by atoms with E-state index in [2.05, 4.69) is 5.16 Å². The largest absolute Gasteiger partial charge is 0.410 e. The lowest BCUT2D eigenvalue weighted by Crippen LogP contribution is -1.93. The average molecular weight is 199 g/mol. The van der Waals surface area contributed by atoms with Crippen LogP contribution in [0.3, 0.4) is 0 Å². The van der Waals surface area contributed by atoms with E-state index in [1.165, 1.54) is 12.1 Å². The maximum Gasteiger partial charge on any atom is 0.175 e. The molecule has 1 rings (SSSR count). The number of nitriles is 1. The molecule has 0 atom stereocenters. The van der Waals surface area contributed by atoms with Crippen molar-refractivity contribution in [2.75, 3.05) is 0 Å². The van der Waals surface area contributed by atoms with E-state index in [0.29, 0.717) is 0 Å². The van der Waals surface area contributed by atoms with Crippen molar-refractivity contribution in [3.8, 4) is 6.07 Å². The Labute approximate surface area is 78.7 Å². The molecule has 0 bridgehead atoms. The lowest BCUT2D eigenvalue weighted by atomic mass is 10.1. The average Bonchev–Trinajstić information content (AvgIpc) is 2.16. The lowest BCUT2D eigenvalue weighted by molar-refractivity contribution is 0.321. The molecular weight excluding hydrogens is 195 g/mol. The van der Waals surface area contributed by atoms with E-state index in [1.54, 1.807) is 6.07 Å². The molecule has 0 fully saturated rings. The molecular formula is C8H4ClFN2O. The summed E-state index contributed by atoms with van der Waals surface area (Å²) in [4.78, 5) is 0. The van der Waals surface area contributed by atoms with Crippen LogP contribution in [0.1, 0.15) is 11.1 Å². The molecule has 0 unspecified atom stereocenters. The first-order valence-electron chi connectivity index (χ1n) is 3.26. The molecule has 0 heterocycles. The fraction of sp³-hybridized carbons (Fsp3) is 0. The van der Waals surface area contributed by atoms with Gasteiger partial charge < -0.3 is 5.21 Å². The Hall–Kier alpha value is -1.60. The molecule has 0 aliphatic carbocycles. The number of nitrogens with zero attached hydrogens (tertiary/aromatic N) is 2. The molecule has 66 valence electrons. The highest BCUT2D eigenvalue weighted by Gasteiger charge is 2.05. The van der Waals surface area contributed by atoms with Crippen molar-refractivity contribution in [2.24, 2.45) is 5.16 Å². The van der Waals surface area contributed by atoms with E-state index < -0.39 is 5.82 Å². The zero-order chi connectivity index (χ0) is 9.84. The molecule has 3 nitrogen and oxygen atoms in total. The Bertz CT molecular complexity index is 398. The minimum atomic E-state index is -0.693. The smallest absolute Gasteiger partial charge is 0.175 e. The second-order valence-electron chi connectivity index (χ2n) is 2.20. The van der Waals surface area contributed by atoms with Gasteiger partial charge in [-0.3, -0.25) is 0 Å². The Morgan fingerprint density at radius 3 is 2.77 bits per heavy atom. The molecule has 0 radical (unpaired) electrons. The van der Waals surface area contributed by atoms with E-state index in [-0.39, 0.29) is 16.3 Å². The first-order valence-corrected chi connectivity index (χ1v) is 3.64. The van der Waals surface area contributed by atoms with Crippen LogP contribution in [0.15, 0.2) is 23.4 Å². The summed E-state index contributed by atoms with van der Waals surface area (Å²) in [6.45, 7) is 0. The lowest BCUT2D eigenvalue weighted by Gasteiger charge is -1.97. The number of benzene rings is 1. The molecule has 1 aromatic rings. The third kappa shape index (κ3) is 1.95. The quantitative estimate of drug-likeness (QED) is 0.427. The minimum Gasteiger partial charge on any atom is -0.410 e. The topological polar surface area (TPSA) is 56.4 Å². The van der Waals surface area contributed by atoms with Gasteiger partial charge in [0.05, 0.1) is 5.56 Å². The minimum absolute atomic E-state index is 0.0776. The van der Waals surface area contributed by atoms with Crippen molar-refractivity contribution in [1.29, 1.82) is 5.26 Å². The summed E-state index contributed by atoms with van der Waals surface area (Å²) in [7, 11) is 0. The van der Waals surface area contributed by atoms with E-state index in [0.717, 1.165) is 6.07 Å². The molecule has 0 amide bonds. The van der Waals surface area contributed by atoms with Gasteiger partial charge in [0, 0.05) is 5.56 Å². The van der Waals surface area contributed by atoms with Gasteiger partial charge in [-0.1, -0.05) is 22.8 Å². The molecule has 0 spiro atoms. The number of halogens is 2. The van der Waals surface area contributed by atoms with Gasteiger partial charge in [-0.05, 0) is 12.1 Å². The summed E-state index contributed by atoms with van der Waals surface area (Å²) in [6, 6.07) is 5.34. The molecule has 1 N–H and O–H groups in total. The highest BCUT2D eigenvalue weighted by atomic mass is 35.5. The second kappa shape index (κ2) is 3.87. The predicted molar refractivity (Wildman–Crippen MR) is 45.3 cm³/mol. The van der Waals surface area contributed by atoms with E-state index >= 15 is 0 Å². The number of rotatable bonds is 1. The van der Waals surface area contributed by atoms with E-state index in [4.69, 9.17) is 22.1 Å². The van der Waals surface area contributed by atoms with E-state index in [1.807, 2.05) is 0 Å². The molecule has 5 heteroatoms. The summed E-state index contributed by atoms with van der Waals surface area (Å²) in [6.07, 6.45) is 0. The summed E-state index contributed by atoms with van der Waals surface area (Å²) >= 11 is 5.41. The highest BCUT2D eigenvalue weighted by Crippen LogP contribution is 2.11. The SMILES string of the molecule is N#Cc1ccc(/C(Cl)=N/O)cc1F. The van der Waals surface area contributed by atoms with Crippen LogP contribution in [0.2, 0.25) is 0 Å². The monoisotopic (exact) mass is 198 g/mol. The fourth-order valence-electron chi connectivity index (χ4n) is 0.792. The summed E-state index contributed by atoms with van der Waals surface area (Å²) in [5, 5.41) is 19.1. The van der Waals surface area contributed by atoms with Crippen molar-refractivity contribution >= 4 is 16.8 Å². The van der Waals surface area contributed by atoms with Gasteiger partial charge >= 0.3 is 0 Å². The Kier molecular flexibility index (Phi) is 2.83. The van der Waals surface area contributed by atoms with Gasteiger partial charge in [0.1, 0.15) is 11.9 Å². The molecule has 1 aromatic carbocycles.